The van der Waals surface area contributed by atoms with Crippen LogP contribution in [0.2, 0.25) is 5.02 Å². The summed E-state index contributed by atoms with van der Waals surface area (Å²) in [7, 11) is 0. The molecular formula is C18H17ClF6N4. The molecule has 2 aromatic rings. The van der Waals surface area contributed by atoms with E-state index in [0.717, 1.165) is 38.2 Å². The molecule has 1 aromatic carbocycles. The van der Waals surface area contributed by atoms with E-state index in [4.69, 9.17) is 11.6 Å². The number of benzene rings is 1. The molecule has 1 fully saturated rings. The van der Waals surface area contributed by atoms with Crippen LogP contribution in [0.5, 0.6) is 0 Å². The largest absolute Gasteiger partial charge is 0.433 e. The van der Waals surface area contributed by atoms with E-state index in [9.17, 15) is 26.3 Å². The maximum Gasteiger partial charge on any atom is 0.433 e. The SMILES string of the molecule is FC(F)(F)c1cc(Nc2ccc(Cl)c(C(F)(F)F)c2)nc(NC2CCCCC2)n1. The van der Waals surface area contributed by atoms with E-state index in [1.165, 1.54) is 6.07 Å². The average molecular weight is 439 g/mol. The summed E-state index contributed by atoms with van der Waals surface area (Å²) in [5, 5.41) is 4.87. The zero-order valence-corrected chi connectivity index (χ0v) is 15.7. The van der Waals surface area contributed by atoms with Crippen molar-refractivity contribution in [2.24, 2.45) is 0 Å². The predicted molar refractivity (Wildman–Crippen MR) is 97.3 cm³/mol. The minimum absolute atomic E-state index is 0.0487. The fourth-order valence-corrected chi connectivity index (χ4v) is 3.34. The van der Waals surface area contributed by atoms with E-state index in [1.54, 1.807) is 0 Å². The molecule has 1 heterocycles. The van der Waals surface area contributed by atoms with Crippen molar-refractivity contribution in [3.8, 4) is 0 Å². The van der Waals surface area contributed by atoms with Gasteiger partial charge in [0.2, 0.25) is 5.95 Å². The number of halogens is 7. The van der Waals surface area contributed by atoms with Crippen molar-refractivity contribution in [1.82, 2.24) is 9.97 Å². The summed E-state index contributed by atoms with van der Waals surface area (Å²) < 4.78 is 78.7. The van der Waals surface area contributed by atoms with Gasteiger partial charge in [-0.15, -0.1) is 0 Å². The lowest BCUT2D eigenvalue weighted by Crippen LogP contribution is -2.24. The van der Waals surface area contributed by atoms with Crippen LogP contribution < -0.4 is 10.6 Å². The number of alkyl halides is 6. The number of aromatic nitrogens is 2. The highest BCUT2D eigenvalue weighted by Gasteiger charge is 2.35. The minimum atomic E-state index is -4.74. The van der Waals surface area contributed by atoms with Crippen molar-refractivity contribution >= 4 is 29.1 Å². The van der Waals surface area contributed by atoms with Crippen LogP contribution in [0.25, 0.3) is 0 Å². The Morgan fingerprint density at radius 1 is 0.897 bits per heavy atom. The average Bonchev–Trinajstić information content (AvgIpc) is 2.62. The van der Waals surface area contributed by atoms with Gasteiger partial charge in [0.25, 0.3) is 0 Å². The highest BCUT2D eigenvalue weighted by atomic mass is 35.5. The molecule has 2 N–H and O–H groups in total. The molecular weight excluding hydrogens is 422 g/mol. The van der Waals surface area contributed by atoms with Crippen LogP contribution in [-0.4, -0.2) is 16.0 Å². The fourth-order valence-electron chi connectivity index (χ4n) is 3.12. The topological polar surface area (TPSA) is 49.8 Å². The second-order valence-electron chi connectivity index (χ2n) is 6.76. The van der Waals surface area contributed by atoms with Crippen LogP contribution in [0.1, 0.15) is 43.4 Å². The molecule has 0 aliphatic heterocycles. The summed E-state index contributed by atoms with van der Waals surface area (Å²) in [5.41, 5.74) is -2.40. The number of hydrogen-bond acceptors (Lipinski definition) is 4. The quantitative estimate of drug-likeness (QED) is 0.524. The Morgan fingerprint density at radius 2 is 1.59 bits per heavy atom. The van der Waals surface area contributed by atoms with Crippen molar-refractivity contribution in [2.75, 3.05) is 10.6 Å². The van der Waals surface area contributed by atoms with Gasteiger partial charge in [0.05, 0.1) is 10.6 Å². The number of nitrogens with zero attached hydrogens (tertiary/aromatic N) is 2. The summed E-state index contributed by atoms with van der Waals surface area (Å²) in [4.78, 5) is 7.53. The van der Waals surface area contributed by atoms with E-state index in [2.05, 4.69) is 20.6 Å². The Kier molecular flexibility index (Phi) is 6.11. The van der Waals surface area contributed by atoms with Crippen molar-refractivity contribution < 1.29 is 26.3 Å². The maximum atomic E-state index is 13.2. The minimum Gasteiger partial charge on any atom is -0.351 e. The molecule has 11 heteroatoms. The molecule has 0 amide bonds. The van der Waals surface area contributed by atoms with Gasteiger partial charge in [0, 0.05) is 17.8 Å². The Balaban J connectivity index is 1.91. The van der Waals surface area contributed by atoms with Crippen molar-refractivity contribution in [1.29, 1.82) is 0 Å². The van der Waals surface area contributed by atoms with Crippen molar-refractivity contribution in [2.45, 2.75) is 50.5 Å². The van der Waals surface area contributed by atoms with Gasteiger partial charge in [-0.05, 0) is 31.0 Å². The highest BCUT2D eigenvalue weighted by molar-refractivity contribution is 6.31. The summed E-state index contributed by atoms with van der Waals surface area (Å²) in [6.07, 6.45) is -4.90. The molecule has 0 spiro atoms. The molecule has 0 bridgehead atoms. The van der Waals surface area contributed by atoms with E-state index >= 15 is 0 Å². The van der Waals surface area contributed by atoms with Crippen molar-refractivity contribution in [3.05, 3.63) is 40.5 Å². The van der Waals surface area contributed by atoms with Gasteiger partial charge in [-0.25, -0.2) is 4.98 Å². The molecule has 3 rings (SSSR count). The molecule has 0 unspecified atom stereocenters. The first-order chi connectivity index (χ1) is 13.5. The molecule has 1 aromatic heterocycles. The van der Waals surface area contributed by atoms with Gasteiger partial charge in [-0.3, -0.25) is 0 Å². The van der Waals surface area contributed by atoms with Crippen molar-refractivity contribution in [3.63, 3.8) is 0 Å². The van der Waals surface area contributed by atoms with Gasteiger partial charge < -0.3 is 10.6 Å². The fraction of sp³-hybridized carbons (Fsp3) is 0.444. The summed E-state index contributed by atoms with van der Waals surface area (Å²) in [5.74, 6) is -0.500. The molecule has 0 radical (unpaired) electrons. The Labute approximate surface area is 167 Å². The van der Waals surface area contributed by atoms with E-state index < -0.39 is 28.6 Å². The predicted octanol–water partition coefficient (Wildman–Crippen LogP) is 6.66. The van der Waals surface area contributed by atoms with Crippen LogP contribution in [-0.2, 0) is 12.4 Å². The molecule has 1 aliphatic rings. The maximum absolute atomic E-state index is 13.2. The lowest BCUT2D eigenvalue weighted by atomic mass is 9.96. The number of anilines is 3. The zero-order chi connectivity index (χ0) is 21.2. The smallest absolute Gasteiger partial charge is 0.351 e. The van der Waals surface area contributed by atoms with Crippen LogP contribution >= 0.6 is 11.6 Å². The first-order valence-corrected chi connectivity index (χ1v) is 9.27. The standard InChI is InChI=1S/C18H17ClF6N4/c19-13-7-6-11(8-12(13)17(20,21)22)26-15-9-14(18(23,24)25)28-16(29-15)27-10-4-2-1-3-5-10/h6-10H,1-5H2,(H2,26,27,28,29). The summed E-state index contributed by atoms with van der Waals surface area (Å²) in [6.45, 7) is 0. The summed E-state index contributed by atoms with van der Waals surface area (Å²) >= 11 is 5.57. The third kappa shape index (κ3) is 5.65. The van der Waals surface area contributed by atoms with E-state index in [1.807, 2.05) is 0 Å². The van der Waals surface area contributed by atoms with Crippen LogP contribution in [0.15, 0.2) is 24.3 Å². The van der Waals surface area contributed by atoms with Gasteiger partial charge >= 0.3 is 12.4 Å². The third-order valence-corrected chi connectivity index (χ3v) is 4.83. The highest BCUT2D eigenvalue weighted by Crippen LogP contribution is 2.37. The lowest BCUT2D eigenvalue weighted by Gasteiger charge is -2.23. The van der Waals surface area contributed by atoms with Crippen LogP contribution in [0, 0.1) is 0 Å². The van der Waals surface area contributed by atoms with E-state index in [0.29, 0.717) is 12.1 Å². The molecule has 0 saturated heterocycles. The molecule has 1 aliphatic carbocycles. The van der Waals surface area contributed by atoms with E-state index in [-0.39, 0.29) is 23.5 Å². The zero-order valence-electron chi connectivity index (χ0n) is 15.0. The van der Waals surface area contributed by atoms with Crippen LogP contribution in [0.3, 0.4) is 0 Å². The third-order valence-electron chi connectivity index (χ3n) is 4.50. The monoisotopic (exact) mass is 438 g/mol. The summed E-state index contributed by atoms with van der Waals surface area (Å²) in [6, 6.07) is 3.55. The number of nitrogens with one attached hydrogen (secondary N) is 2. The second-order valence-corrected chi connectivity index (χ2v) is 7.16. The normalized spacial score (nSPS) is 16.0. The molecule has 0 atom stereocenters. The Bertz CT molecular complexity index is 862. The first-order valence-electron chi connectivity index (χ1n) is 8.89. The Hall–Kier alpha value is -2.23. The molecule has 4 nitrogen and oxygen atoms in total. The molecule has 29 heavy (non-hydrogen) atoms. The lowest BCUT2D eigenvalue weighted by molar-refractivity contribution is -0.141. The van der Waals surface area contributed by atoms with Crippen LogP contribution in [0.4, 0.5) is 43.8 Å². The number of hydrogen-bond donors (Lipinski definition) is 2. The van der Waals surface area contributed by atoms with Gasteiger partial charge in [0.15, 0.2) is 5.69 Å². The second kappa shape index (κ2) is 8.25. The number of rotatable bonds is 4. The van der Waals surface area contributed by atoms with Gasteiger partial charge in [-0.2, -0.15) is 31.3 Å². The molecule has 1 saturated carbocycles. The molecule has 158 valence electrons. The first kappa shape index (κ1) is 21.5. The Morgan fingerprint density at radius 3 is 2.21 bits per heavy atom. The van der Waals surface area contributed by atoms with Gasteiger partial charge in [0.1, 0.15) is 5.82 Å². The van der Waals surface area contributed by atoms with Gasteiger partial charge in [-0.1, -0.05) is 30.9 Å².